The van der Waals surface area contributed by atoms with Crippen LogP contribution < -0.4 is 5.73 Å². The molecule has 0 aromatic rings. The minimum atomic E-state index is -2.00. The molecule has 18 atom stereocenters. The van der Waals surface area contributed by atoms with Gasteiger partial charge in [-0.3, -0.25) is 14.5 Å². The molecule has 15 heteroatoms. The van der Waals surface area contributed by atoms with Crippen LogP contribution in [0, 0.1) is 23.7 Å². The summed E-state index contributed by atoms with van der Waals surface area (Å²) in [6, 6.07) is -0.435. The molecule has 0 aromatic heterocycles. The van der Waals surface area contributed by atoms with Crippen molar-refractivity contribution in [3.8, 4) is 0 Å². The molecule has 15 nitrogen and oxygen atoms in total. The van der Waals surface area contributed by atoms with Crippen LogP contribution in [0.15, 0.2) is 0 Å². The second kappa shape index (κ2) is 17.6. The molecule has 3 saturated heterocycles. The summed E-state index contributed by atoms with van der Waals surface area (Å²) in [6.45, 7) is 16.4. The minimum absolute atomic E-state index is 0.0822. The van der Waals surface area contributed by atoms with Crippen molar-refractivity contribution < 1.29 is 63.5 Å². The number of cyclic esters (lactones) is 1. The number of ether oxygens (including phenoxy) is 6. The summed E-state index contributed by atoms with van der Waals surface area (Å²) in [5, 5.41) is 57.7. The average Bonchev–Trinajstić information content (AvgIpc) is 3.08. The standard InChI is InChI=1S/C37H68N2O13/c1-13-25-37(10,46)30(42)20(4)27(40)18(2)15-35(8,45)32(52-34-28(41)24(39(11)17-38)14-19(3)48-34)21(5)29(22(6)33(44)50-25)51-26-16-36(9,47-12)31(43)23(7)49-26/h18-26,28-32,34,41-43,45-46H,13-17,38H2,1-12H3/t18-,19-,20+,21+,22-,23+,24+,25-,26+,28-,29+,30-,31+,32-,34+,35-,36+,37-/m1/s1. The highest BCUT2D eigenvalue weighted by molar-refractivity contribution is 5.83. The smallest absolute Gasteiger partial charge is 0.311 e. The first kappa shape index (κ1) is 45.1. The summed E-state index contributed by atoms with van der Waals surface area (Å²) < 4.78 is 37.1. The average molecular weight is 749 g/mol. The van der Waals surface area contributed by atoms with Gasteiger partial charge in [-0.2, -0.15) is 0 Å². The zero-order valence-corrected chi connectivity index (χ0v) is 33.2. The summed E-state index contributed by atoms with van der Waals surface area (Å²) >= 11 is 0. The van der Waals surface area contributed by atoms with Crippen molar-refractivity contribution >= 4 is 11.8 Å². The Hall–Kier alpha value is -1.34. The van der Waals surface area contributed by atoms with Crippen molar-refractivity contribution in [1.82, 2.24) is 4.90 Å². The molecule has 3 heterocycles. The number of likely N-dealkylation sites (N-methyl/N-ethyl adjacent to an activating group) is 1. The van der Waals surface area contributed by atoms with Crippen LogP contribution in [0.1, 0.15) is 94.9 Å². The van der Waals surface area contributed by atoms with Gasteiger partial charge in [0, 0.05) is 44.0 Å². The summed E-state index contributed by atoms with van der Waals surface area (Å²) in [6.07, 6.45) is -10.1. The number of hydrogen-bond donors (Lipinski definition) is 6. The van der Waals surface area contributed by atoms with Crippen molar-refractivity contribution in [2.75, 3.05) is 20.8 Å². The molecule has 3 rings (SSSR count). The maximum absolute atomic E-state index is 14.1. The number of methoxy groups -OCH3 is 1. The predicted octanol–water partition coefficient (Wildman–Crippen LogP) is 1.07. The van der Waals surface area contributed by atoms with Gasteiger partial charge >= 0.3 is 5.97 Å². The number of aliphatic hydroxyl groups excluding tert-OH is 3. The Morgan fingerprint density at radius 1 is 0.923 bits per heavy atom. The van der Waals surface area contributed by atoms with Gasteiger partial charge in [0.2, 0.25) is 0 Å². The number of carbonyl (C=O) groups excluding carboxylic acids is 2. The molecule has 0 aromatic carbocycles. The van der Waals surface area contributed by atoms with E-state index in [-0.39, 0.29) is 32.0 Å². The van der Waals surface area contributed by atoms with E-state index in [1.54, 1.807) is 53.5 Å². The summed E-state index contributed by atoms with van der Waals surface area (Å²) in [5.74, 6) is -5.07. The fourth-order valence-corrected chi connectivity index (χ4v) is 8.47. The summed E-state index contributed by atoms with van der Waals surface area (Å²) in [7, 11) is 3.25. The minimum Gasteiger partial charge on any atom is -0.459 e. The van der Waals surface area contributed by atoms with Gasteiger partial charge in [0.05, 0.1) is 47.6 Å². The maximum atomic E-state index is 14.1. The van der Waals surface area contributed by atoms with Gasteiger partial charge in [-0.1, -0.05) is 27.7 Å². The molecule has 0 radical (unpaired) electrons. The van der Waals surface area contributed by atoms with Crippen molar-refractivity contribution in [2.24, 2.45) is 29.4 Å². The van der Waals surface area contributed by atoms with Crippen LogP contribution in [0.2, 0.25) is 0 Å². The Labute approximate surface area is 309 Å². The lowest BCUT2D eigenvalue weighted by molar-refractivity contribution is -0.318. The van der Waals surface area contributed by atoms with Crippen LogP contribution in [-0.2, 0) is 38.0 Å². The van der Waals surface area contributed by atoms with Crippen LogP contribution in [0.4, 0.5) is 0 Å². The van der Waals surface area contributed by atoms with Crippen molar-refractivity contribution in [3.63, 3.8) is 0 Å². The highest BCUT2D eigenvalue weighted by atomic mass is 16.7. The van der Waals surface area contributed by atoms with Crippen molar-refractivity contribution in [2.45, 2.75) is 179 Å². The first-order valence-corrected chi connectivity index (χ1v) is 18.8. The zero-order valence-electron chi connectivity index (χ0n) is 33.2. The molecule has 3 aliphatic rings. The van der Waals surface area contributed by atoms with E-state index in [1.807, 2.05) is 6.92 Å². The van der Waals surface area contributed by atoms with E-state index in [1.165, 1.54) is 27.9 Å². The molecule has 0 spiro atoms. The highest BCUT2D eigenvalue weighted by Crippen LogP contribution is 2.40. The Morgan fingerprint density at radius 3 is 2.10 bits per heavy atom. The molecule has 7 N–H and O–H groups in total. The number of carbonyl (C=O) groups is 2. The van der Waals surface area contributed by atoms with Crippen LogP contribution >= 0.6 is 0 Å². The third kappa shape index (κ3) is 9.54. The maximum Gasteiger partial charge on any atom is 0.311 e. The SMILES string of the molecule is CC[C@H]1OC(=O)[C@H](C)[C@@H](O[C@H]2C[C@](C)(OC)[C@@H](O)[C@H](C)O2)[C@H](C)[C@@H](O[C@@H]2O[C@H](C)C[C@H](N(C)CN)[C@H]2O)[C@](C)(O)C[C@@H](C)C(=O)[C@H](C)[C@@H](O)[C@]1(C)O. The van der Waals surface area contributed by atoms with Gasteiger partial charge in [-0.15, -0.1) is 0 Å². The van der Waals surface area contributed by atoms with Gasteiger partial charge in [-0.25, -0.2) is 0 Å². The second-order valence-corrected chi connectivity index (χ2v) is 16.4. The van der Waals surface area contributed by atoms with E-state index in [2.05, 4.69) is 0 Å². The van der Waals surface area contributed by atoms with E-state index in [0.29, 0.717) is 6.42 Å². The predicted molar refractivity (Wildman–Crippen MR) is 189 cm³/mol. The molecule has 52 heavy (non-hydrogen) atoms. The van der Waals surface area contributed by atoms with E-state index in [9.17, 15) is 35.1 Å². The van der Waals surface area contributed by atoms with E-state index < -0.39 is 114 Å². The van der Waals surface area contributed by atoms with E-state index in [4.69, 9.17) is 34.2 Å². The zero-order chi connectivity index (χ0) is 39.7. The topological polar surface area (TPSA) is 220 Å². The summed E-state index contributed by atoms with van der Waals surface area (Å²) in [4.78, 5) is 29.7. The lowest BCUT2D eigenvalue weighted by Crippen LogP contribution is -2.61. The van der Waals surface area contributed by atoms with Gasteiger partial charge in [0.25, 0.3) is 0 Å². The number of esters is 1. The molecular weight excluding hydrogens is 680 g/mol. The molecular formula is C37H68N2O13. The molecule has 304 valence electrons. The number of nitrogens with two attached hydrogens (primary N) is 1. The molecule has 0 bridgehead atoms. The van der Waals surface area contributed by atoms with Gasteiger partial charge in [0.1, 0.15) is 29.7 Å². The van der Waals surface area contributed by atoms with Gasteiger partial charge < -0.3 is 59.7 Å². The van der Waals surface area contributed by atoms with Crippen molar-refractivity contribution in [1.29, 1.82) is 0 Å². The Kier molecular flexibility index (Phi) is 15.3. The number of nitrogens with zero attached hydrogens (tertiary/aromatic N) is 1. The molecule has 0 amide bonds. The van der Waals surface area contributed by atoms with Gasteiger partial charge in [0.15, 0.2) is 12.6 Å². The first-order chi connectivity index (χ1) is 24.0. The molecule has 0 unspecified atom stereocenters. The fraction of sp³-hybridized carbons (Fsp3) is 0.946. The number of ketones is 1. The van der Waals surface area contributed by atoms with Gasteiger partial charge in [-0.05, 0) is 67.9 Å². The number of rotatable bonds is 8. The molecule has 0 aliphatic carbocycles. The van der Waals surface area contributed by atoms with E-state index >= 15 is 0 Å². The van der Waals surface area contributed by atoms with Crippen molar-refractivity contribution in [3.05, 3.63) is 0 Å². The van der Waals surface area contributed by atoms with Crippen LogP contribution in [0.3, 0.4) is 0 Å². The second-order valence-electron chi connectivity index (χ2n) is 16.4. The third-order valence-electron chi connectivity index (χ3n) is 12.0. The lowest BCUT2D eigenvalue weighted by Gasteiger charge is -2.49. The number of hydrogen-bond acceptors (Lipinski definition) is 15. The quantitative estimate of drug-likeness (QED) is 0.151. The Bertz CT molecular complexity index is 1190. The number of aliphatic hydroxyl groups is 5. The van der Waals surface area contributed by atoms with Crippen LogP contribution in [0.25, 0.3) is 0 Å². The number of Topliss-reactive ketones (excluding diaryl/α,β-unsaturated/α-hetero) is 1. The molecule has 0 saturated carbocycles. The summed E-state index contributed by atoms with van der Waals surface area (Å²) in [5.41, 5.74) is 1.04. The highest BCUT2D eigenvalue weighted by Gasteiger charge is 2.53. The Morgan fingerprint density at radius 2 is 1.54 bits per heavy atom. The third-order valence-corrected chi connectivity index (χ3v) is 12.0. The fourth-order valence-electron chi connectivity index (χ4n) is 8.47. The van der Waals surface area contributed by atoms with E-state index in [0.717, 1.165) is 0 Å². The Balaban J connectivity index is 2.19. The van der Waals surface area contributed by atoms with Crippen LogP contribution in [0.5, 0.6) is 0 Å². The largest absolute Gasteiger partial charge is 0.459 e. The first-order valence-electron chi connectivity index (χ1n) is 18.8. The normalized spacial score (nSPS) is 49.0. The lowest BCUT2D eigenvalue weighted by atomic mass is 9.74. The van der Waals surface area contributed by atoms with Crippen LogP contribution in [-0.4, -0.2) is 147 Å². The molecule has 3 fully saturated rings. The molecule has 3 aliphatic heterocycles. The monoisotopic (exact) mass is 748 g/mol.